The van der Waals surface area contributed by atoms with Crippen LogP contribution in [0.3, 0.4) is 0 Å². The summed E-state index contributed by atoms with van der Waals surface area (Å²) in [5.41, 5.74) is 8.12. The molecule has 3 nitrogen and oxygen atoms in total. The maximum Gasteiger partial charge on any atom is 0.348 e. The third-order valence-electron chi connectivity index (χ3n) is 2.77. The van der Waals surface area contributed by atoms with E-state index in [9.17, 15) is 9.90 Å². The van der Waals surface area contributed by atoms with Gasteiger partial charge in [0.25, 0.3) is 0 Å². The molecule has 0 saturated heterocycles. The first-order valence-electron chi connectivity index (χ1n) is 5.55. The fraction of sp³-hybridized carbons (Fsp3) is 0.154. The fourth-order valence-electron chi connectivity index (χ4n) is 1.88. The van der Waals surface area contributed by atoms with E-state index in [1.807, 2.05) is 25.1 Å². The van der Waals surface area contributed by atoms with Gasteiger partial charge in [-0.3, -0.25) is 0 Å². The van der Waals surface area contributed by atoms with E-state index in [4.69, 9.17) is 17.3 Å². The number of rotatable bonds is 3. The number of carboxylic acid groups (broad SMARTS) is 1. The van der Waals surface area contributed by atoms with Crippen molar-refractivity contribution in [1.29, 1.82) is 0 Å². The molecule has 2 aromatic rings. The van der Waals surface area contributed by atoms with Gasteiger partial charge in [-0.15, -0.1) is 11.3 Å². The van der Waals surface area contributed by atoms with Crippen molar-refractivity contribution in [2.24, 2.45) is 0 Å². The topological polar surface area (TPSA) is 63.3 Å². The van der Waals surface area contributed by atoms with Crippen molar-refractivity contribution in [3.05, 3.63) is 37.2 Å². The summed E-state index contributed by atoms with van der Waals surface area (Å²) >= 11 is 9.44. The summed E-state index contributed by atoms with van der Waals surface area (Å²) in [4.78, 5) is 12.3. The molecule has 0 atom stereocenters. The second kappa shape index (κ2) is 5.68. The summed E-state index contributed by atoms with van der Waals surface area (Å²) in [6, 6.07) is 5.57. The molecule has 0 fully saturated rings. The summed E-state index contributed by atoms with van der Waals surface area (Å²) in [6.07, 6.45) is 0.688. The zero-order valence-corrected chi connectivity index (χ0v) is 13.8. The van der Waals surface area contributed by atoms with Crippen LogP contribution < -0.4 is 5.73 Å². The van der Waals surface area contributed by atoms with Crippen molar-refractivity contribution in [2.75, 3.05) is 5.73 Å². The van der Waals surface area contributed by atoms with Crippen LogP contribution in [-0.4, -0.2) is 11.1 Å². The van der Waals surface area contributed by atoms with Crippen LogP contribution in [0.2, 0.25) is 5.02 Å². The molecule has 0 aliphatic rings. The molecule has 1 aromatic heterocycles. The molecule has 0 aliphatic heterocycles. The van der Waals surface area contributed by atoms with Gasteiger partial charge in [0, 0.05) is 19.0 Å². The number of carboxylic acids is 1. The van der Waals surface area contributed by atoms with E-state index < -0.39 is 5.97 Å². The summed E-state index contributed by atoms with van der Waals surface area (Å²) in [6.45, 7) is 1.96. The molecule has 3 N–H and O–H groups in total. The average Bonchev–Trinajstić information content (AvgIpc) is 2.69. The van der Waals surface area contributed by atoms with Gasteiger partial charge in [0.1, 0.15) is 4.88 Å². The molecule has 0 radical (unpaired) electrons. The van der Waals surface area contributed by atoms with Crippen LogP contribution >= 0.6 is 45.5 Å². The standard InChI is InChI=1S/C13H11ClINO2S/c1-2-7-10(16)12(13(17)18)19-11(7)8-5-6(14)3-4-9(8)15/h3-5H,2,16H2,1H3,(H,17,18). The molecular weight excluding hydrogens is 397 g/mol. The molecule has 1 aromatic carbocycles. The Morgan fingerprint density at radius 3 is 2.79 bits per heavy atom. The van der Waals surface area contributed by atoms with Gasteiger partial charge in [-0.1, -0.05) is 18.5 Å². The van der Waals surface area contributed by atoms with E-state index in [0.29, 0.717) is 17.1 Å². The highest BCUT2D eigenvalue weighted by atomic mass is 127. The number of nitrogen functional groups attached to an aromatic ring is 1. The molecule has 0 spiro atoms. The summed E-state index contributed by atoms with van der Waals surface area (Å²) in [5.74, 6) is -0.986. The van der Waals surface area contributed by atoms with Gasteiger partial charge in [-0.05, 0) is 52.8 Å². The predicted molar refractivity (Wildman–Crippen MR) is 88.2 cm³/mol. The van der Waals surface area contributed by atoms with Crippen molar-refractivity contribution in [3.63, 3.8) is 0 Å². The number of anilines is 1. The van der Waals surface area contributed by atoms with Gasteiger partial charge in [0.15, 0.2) is 0 Å². The van der Waals surface area contributed by atoms with Crippen LogP contribution in [0, 0.1) is 3.57 Å². The predicted octanol–water partition coefficient (Wildman–Crippen LogP) is 4.52. The second-order valence-corrected chi connectivity index (χ2v) is 6.55. The maximum absolute atomic E-state index is 11.2. The summed E-state index contributed by atoms with van der Waals surface area (Å²) in [7, 11) is 0. The molecule has 19 heavy (non-hydrogen) atoms. The Kier molecular flexibility index (Phi) is 4.37. The van der Waals surface area contributed by atoms with Crippen molar-refractivity contribution in [2.45, 2.75) is 13.3 Å². The van der Waals surface area contributed by atoms with E-state index in [-0.39, 0.29) is 4.88 Å². The third-order valence-corrected chi connectivity index (χ3v) is 5.21. The maximum atomic E-state index is 11.2. The molecule has 0 saturated carbocycles. The Balaban J connectivity index is 2.71. The first-order valence-corrected chi connectivity index (χ1v) is 7.82. The molecule has 100 valence electrons. The van der Waals surface area contributed by atoms with E-state index in [0.717, 1.165) is 19.6 Å². The van der Waals surface area contributed by atoms with Crippen molar-refractivity contribution in [3.8, 4) is 10.4 Å². The third kappa shape index (κ3) is 2.73. The highest BCUT2D eigenvalue weighted by Crippen LogP contribution is 2.41. The van der Waals surface area contributed by atoms with Crippen LogP contribution in [0.25, 0.3) is 10.4 Å². The molecule has 0 bridgehead atoms. The molecule has 0 unspecified atom stereocenters. The van der Waals surface area contributed by atoms with Crippen molar-refractivity contribution >= 4 is 57.2 Å². The summed E-state index contributed by atoms with van der Waals surface area (Å²) in [5, 5.41) is 9.80. The van der Waals surface area contributed by atoms with Crippen molar-refractivity contribution < 1.29 is 9.90 Å². The number of nitrogens with two attached hydrogens (primary N) is 1. The number of benzene rings is 1. The monoisotopic (exact) mass is 407 g/mol. The Hall–Kier alpha value is -0.790. The van der Waals surface area contributed by atoms with Gasteiger partial charge in [-0.25, -0.2) is 4.79 Å². The minimum Gasteiger partial charge on any atom is -0.477 e. The molecule has 6 heteroatoms. The van der Waals surface area contributed by atoms with E-state index >= 15 is 0 Å². The normalized spacial score (nSPS) is 10.7. The Morgan fingerprint density at radius 1 is 1.53 bits per heavy atom. The van der Waals surface area contributed by atoms with Gasteiger partial charge >= 0.3 is 5.97 Å². The molecule has 2 rings (SSSR count). The highest BCUT2D eigenvalue weighted by molar-refractivity contribution is 14.1. The number of halogens is 2. The first kappa shape index (κ1) is 14.6. The minimum absolute atomic E-state index is 0.197. The first-order chi connectivity index (χ1) is 8.95. The van der Waals surface area contributed by atoms with Crippen molar-refractivity contribution in [1.82, 2.24) is 0 Å². The average molecular weight is 408 g/mol. The van der Waals surface area contributed by atoms with Crippen LogP contribution in [0.1, 0.15) is 22.2 Å². The second-order valence-electron chi connectivity index (χ2n) is 3.94. The quantitative estimate of drug-likeness (QED) is 0.736. The van der Waals surface area contributed by atoms with E-state index in [1.54, 1.807) is 0 Å². The van der Waals surface area contributed by atoms with Crippen LogP contribution in [0.15, 0.2) is 18.2 Å². The number of carbonyl (C=O) groups is 1. The highest BCUT2D eigenvalue weighted by Gasteiger charge is 2.21. The lowest BCUT2D eigenvalue weighted by molar-refractivity contribution is 0.0703. The van der Waals surface area contributed by atoms with Gasteiger partial charge < -0.3 is 10.8 Å². The number of aromatic carboxylic acids is 1. The lowest BCUT2D eigenvalue weighted by Gasteiger charge is -2.06. The molecule has 0 amide bonds. The number of hydrogen-bond acceptors (Lipinski definition) is 3. The lowest BCUT2D eigenvalue weighted by Crippen LogP contribution is -1.99. The van der Waals surface area contributed by atoms with E-state index in [1.165, 1.54) is 11.3 Å². The Bertz CT molecular complexity index is 654. The lowest BCUT2D eigenvalue weighted by atomic mass is 10.1. The molecular formula is C13H11ClINO2S. The minimum atomic E-state index is -0.986. The van der Waals surface area contributed by atoms with Gasteiger partial charge in [0.05, 0.1) is 5.69 Å². The zero-order valence-electron chi connectivity index (χ0n) is 10.0. The number of hydrogen-bond donors (Lipinski definition) is 2. The summed E-state index contributed by atoms with van der Waals surface area (Å²) < 4.78 is 1.02. The zero-order chi connectivity index (χ0) is 14.2. The largest absolute Gasteiger partial charge is 0.477 e. The fourth-order valence-corrected chi connectivity index (χ4v) is 4.02. The number of thiophene rings is 1. The smallest absolute Gasteiger partial charge is 0.348 e. The Morgan fingerprint density at radius 2 is 2.21 bits per heavy atom. The Labute approximate surface area is 133 Å². The van der Waals surface area contributed by atoms with E-state index in [2.05, 4.69) is 22.6 Å². The van der Waals surface area contributed by atoms with Crippen LogP contribution in [-0.2, 0) is 6.42 Å². The van der Waals surface area contributed by atoms with Crippen LogP contribution in [0.4, 0.5) is 5.69 Å². The van der Waals surface area contributed by atoms with Crippen LogP contribution in [0.5, 0.6) is 0 Å². The molecule has 1 heterocycles. The molecule has 0 aliphatic carbocycles. The van der Waals surface area contributed by atoms with Gasteiger partial charge in [-0.2, -0.15) is 0 Å². The SMILES string of the molecule is CCc1c(-c2cc(Cl)ccc2I)sc(C(=O)O)c1N. The van der Waals surface area contributed by atoms with Gasteiger partial charge in [0.2, 0.25) is 0 Å².